The van der Waals surface area contributed by atoms with E-state index in [4.69, 9.17) is 18.9 Å². The third kappa shape index (κ3) is 44.8. The monoisotopic (exact) mass is 1020 g/mol. The summed E-state index contributed by atoms with van der Waals surface area (Å²) in [6.45, 7) is 6.96. The molecular formula is C56H102N4O12. The van der Waals surface area contributed by atoms with E-state index < -0.39 is 36.4 Å². The molecule has 418 valence electrons. The molecule has 16 heteroatoms. The number of nitrogens with zero attached hydrogens (tertiary/aromatic N) is 2. The summed E-state index contributed by atoms with van der Waals surface area (Å²) in [4.78, 5) is 77.2. The van der Waals surface area contributed by atoms with Gasteiger partial charge in [0.2, 0.25) is 11.8 Å². The van der Waals surface area contributed by atoms with Gasteiger partial charge in [0.25, 0.3) is 0 Å². The molecule has 4 N–H and O–H groups in total. The van der Waals surface area contributed by atoms with Gasteiger partial charge in [0.15, 0.2) is 0 Å². The van der Waals surface area contributed by atoms with Gasteiger partial charge in [-0.05, 0) is 118 Å². The Morgan fingerprint density at radius 1 is 0.444 bits per heavy atom. The van der Waals surface area contributed by atoms with Crippen molar-refractivity contribution in [3.05, 3.63) is 24.3 Å². The molecule has 2 amide bonds. The minimum atomic E-state index is -0.783. The minimum absolute atomic E-state index is 0.00125. The number of aliphatic hydroxyl groups excluding tert-OH is 2. The van der Waals surface area contributed by atoms with Crippen molar-refractivity contribution in [2.24, 2.45) is 0 Å². The molecule has 4 atom stereocenters. The van der Waals surface area contributed by atoms with Crippen LogP contribution in [0.3, 0.4) is 0 Å². The molecule has 0 saturated heterocycles. The van der Waals surface area contributed by atoms with Gasteiger partial charge in [-0.3, -0.25) is 28.8 Å². The van der Waals surface area contributed by atoms with Crippen molar-refractivity contribution in [1.82, 2.24) is 20.4 Å². The molecule has 0 radical (unpaired) electrons. The largest absolute Gasteiger partial charge is 0.464 e. The van der Waals surface area contributed by atoms with E-state index >= 15 is 0 Å². The van der Waals surface area contributed by atoms with Crippen LogP contribution in [0.25, 0.3) is 0 Å². The molecule has 16 nitrogen and oxygen atoms in total. The number of rotatable bonds is 49. The Bertz CT molecular complexity index is 1350. The Labute approximate surface area is 435 Å². The maximum Gasteiger partial charge on any atom is 0.306 e. The lowest BCUT2D eigenvalue weighted by Gasteiger charge is -2.22. The van der Waals surface area contributed by atoms with Crippen LogP contribution in [0.15, 0.2) is 24.3 Å². The number of carbonyl (C=O) groups excluding carboxylic acids is 6. The highest BCUT2D eigenvalue weighted by molar-refractivity contribution is 5.77. The normalized spacial score (nSPS) is 13.3. The van der Waals surface area contributed by atoms with Gasteiger partial charge in [0.1, 0.15) is 25.4 Å². The topological polar surface area (TPSA) is 210 Å². The van der Waals surface area contributed by atoms with Crippen LogP contribution in [0.2, 0.25) is 0 Å². The molecule has 0 aliphatic rings. The number of esters is 4. The molecule has 0 saturated carbocycles. The predicted octanol–water partition coefficient (Wildman–Crippen LogP) is 8.83. The highest BCUT2D eigenvalue weighted by Crippen LogP contribution is 2.18. The lowest BCUT2D eigenvalue weighted by molar-refractivity contribution is -0.157. The molecule has 0 aromatic rings. The maximum atomic E-state index is 12.5. The standard InChI is InChI=1S/C56H102N4O12/c1-7-9-23-33-49(71-55(67)39-29-37-53(65)69-45-43-59(3)4)47(61)31-25-19-15-11-13-17-21-27-35-51(63)57-41-42-58-52(64)36-28-22-18-14-12-16-20-26-32-48(62)50(34-24-10-8-2)72-56(68)40-30-38-54(66)70-46-44-60(5)6/h19-20,25-26,47-50,61-62H,7-18,21-24,27-46H2,1-6H3,(H,57,63)(H,58,64)/b25-19+,26-20+. The van der Waals surface area contributed by atoms with Gasteiger partial charge in [0.05, 0.1) is 12.2 Å². The molecule has 4 unspecified atom stereocenters. The van der Waals surface area contributed by atoms with Crippen LogP contribution in [-0.2, 0) is 47.7 Å². The summed E-state index contributed by atoms with van der Waals surface area (Å²) in [5, 5.41) is 27.5. The van der Waals surface area contributed by atoms with E-state index in [1.165, 1.54) is 0 Å². The fourth-order valence-corrected chi connectivity index (χ4v) is 7.64. The molecule has 0 aromatic carbocycles. The fourth-order valence-electron chi connectivity index (χ4n) is 7.64. The van der Waals surface area contributed by atoms with E-state index in [-0.39, 0.29) is 49.4 Å². The average molecular weight is 1020 g/mol. The third-order valence-corrected chi connectivity index (χ3v) is 12.1. The molecule has 0 rings (SSSR count). The number of hydrogen-bond donors (Lipinski definition) is 4. The van der Waals surface area contributed by atoms with Crippen LogP contribution in [-0.4, -0.2) is 148 Å². The van der Waals surface area contributed by atoms with Crippen LogP contribution in [0.5, 0.6) is 0 Å². The minimum Gasteiger partial charge on any atom is -0.464 e. The first-order valence-corrected chi connectivity index (χ1v) is 27.9. The molecule has 0 aliphatic carbocycles. The predicted molar refractivity (Wildman–Crippen MR) is 285 cm³/mol. The van der Waals surface area contributed by atoms with Crippen LogP contribution >= 0.6 is 0 Å². The number of nitrogens with one attached hydrogen (secondary N) is 2. The molecule has 0 bridgehead atoms. The molecule has 0 aromatic heterocycles. The Hall–Kier alpha value is -3.86. The van der Waals surface area contributed by atoms with Gasteiger partial charge in [-0.2, -0.15) is 0 Å². The van der Waals surface area contributed by atoms with E-state index in [2.05, 4.69) is 36.6 Å². The zero-order chi connectivity index (χ0) is 53.5. The first-order valence-electron chi connectivity index (χ1n) is 27.9. The van der Waals surface area contributed by atoms with Crippen molar-refractivity contribution in [2.75, 3.05) is 67.6 Å². The van der Waals surface area contributed by atoms with Gasteiger partial charge >= 0.3 is 23.9 Å². The molecular weight excluding hydrogens is 921 g/mol. The van der Waals surface area contributed by atoms with E-state index in [0.717, 1.165) is 116 Å². The van der Waals surface area contributed by atoms with Gasteiger partial charge in [0, 0.05) is 64.7 Å². The Balaban J connectivity index is 4.05. The van der Waals surface area contributed by atoms with Crippen molar-refractivity contribution in [1.29, 1.82) is 0 Å². The summed E-state index contributed by atoms with van der Waals surface area (Å²) in [7, 11) is 7.61. The first kappa shape index (κ1) is 68.1. The summed E-state index contributed by atoms with van der Waals surface area (Å²) in [6, 6.07) is 0. The third-order valence-electron chi connectivity index (χ3n) is 12.1. The lowest BCUT2D eigenvalue weighted by atomic mass is 10.0. The van der Waals surface area contributed by atoms with Crippen LogP contribution < -0.4 is 10.6 Å². The van der Waals surface area contributed by atoms with E-state index in [9.17, 15) is 39.0 Å². The van der Waals surface area contributed by atoms with Crippen molar-refractivity contribution >= 4 is 35.7 Å². The second-order valence-corrected chi connectivity index (χ2v) is 19.7. The van der Waals surface area contributed by atoms with E-state index in [1.807, 2.05) is 50.1 Å². The smallest absolute Gasteiger partial charge is 0.306 e. The summed E-state index contributed by atoms with van der Waals surface area (Å²) >= 11 is 0. The number of aliphatic hydroxyl groups is 2. The summed E-state index contributed by atoms with van der Waals surface area (Å²) in [6.07, 6.45) is 26.9. The zero-order valence-corrected chi connectivity index (χ0v) is 45.9. The summed E-state index contributed by atoms with van der Waals surface area (Å²) in [5.74, 6) is -1.46. The van der Waals surface area contributed by atoms with Gasteiger partial charge < -0.3 is 49.6 Å². The Kier molecular flexibility index (Phi) is 45.5. The summed E-state index contributed by atoms with van der Waals surface area (Å²) in [5.41, 5.74) is 0. The summed E-state index contributed by atoms with van der Waals surface area (Å²) < 4.78 is 21.7. The second kappa shape index (κ2) is 48.1. The molecule has 0 spiro atoms. The number of unbranched alkanes of at least 4 members (excludes halogenated alkanes) is 14. The maximum absolute atomic E-state index is 12.5. The number of ether oxygens (including phenoxy) is 4. The molecule has 0 heterocycles. The van der Waals surface area contributed by atoms with Crippen LogP contribution in [0.1, 0.15) is 206 Å². The molecule has 0 fully saturated rings. The van der Waals surface area contributed by atoms with E-state index in [0.29, 0.717) is 90.8 Å². The van der Waals surface area contributed by atoms with Crippen molar-refractivity contribution in [3.63, 3.8) is 0 Å². The van der Waals surface area contributed by atoms with Crippen molar-refractivity contribution in [2.45, 2.75) is 231 Å². The number of amides is 2. The lowest BCUT2D eigenvalue weighted by Crippen LogP contribution is -2.34. The van der Waals surface area contributed by atoms with Crippen LogP contribution in [0, 0.1) is 0 Å². The fraction of sp³-hybridized carbons (Fsp3) is 0.821. The van der Waals surface area contributed by atoms with Crippen molar-refractivity contribution < 1.29 is 57.9 Å². The quantitative estimate of drug-likeness (QED) is 0.0194. The van der Waals surface area contributed by atoms with Gasteiger partial charge in [-0.1, -0.05) is 102 Å². The van der Waals surface area contributed by atoms with Gasteiger partial charge in [-0.15, -0.1) is 0 Å². The Morgan fingerprint density at radius 3 is 1.18 bits per heavy atom. The molecule has 72 heavy (non-hydrogen) atoms. The zero-order valence-electron chi connectivity index (χ0n) is 45.9. The van der Waals surface area contributed by atoms with Crippen molar-refractivity contribution in [3.8, 4) is 0 Å². The number of carbonyl (C=O) groups is 6. The second-order valence-electron chi connectivity index (χ2n) is 19.7. The van der Waals surface area contributed by atoms with Crippen LogP contribution in [0.4, 0.5) is 0 Å². The average Bonchev–Trinajstić information content (AvgIpc) is 3.33. The SMILES string of the molecule is CCCCCC(OC(=O)CCCC(=O)OCCN(C)C)C(O)C/C=C/CCCCCCCC(=O)NCCNC(=O)CCCCCCC/C=C/CC(O)C(CCCCC)OC(=O)CCCC(=O)OCCN(C)C. The van der Waals surface area contributed by atoms with E-state index in [1.54, 1.807) is 0 Å². The van der Waals surface area contributed by atoms with Gasteiger partial charge in [-0.25, -0.2) is 0 Å². The highest BCUT2D eigenvalue weighted by atomic mass is 16.6. The Morgan fingerprint density at radius 2 is 0.806 bits per heavy atom. The number of allylic oxidation sites excluding steroid dienone is 2. The highest BCUT2D eigenvalue weighted by Gasteiger charge is 2.24. The number of hydrogen-bond acceptors (Lipinski definition) is 14. The number of likely N-dealkylation sites (N-methyl/N-ethyl adjacent to an activating group) is 2. The first-order chi connectivity index (χ1) is 34.7. The molecule has 0 aliphatic heterocycles.